The summed E-state index contributed by atoms with van der Waals surface area (Å²) in [7, 11) is 0. The van der Waals surface area contributed by atoms with E-state index in [1.54, 1.807) is 6.92 Å². The van der Waals surface area contributed by atoms with Crippen molar-refractivity contribution >= 4 is 11.8 Å². The fraction of sp³-hybridized carbons (Fsp3) is 0.467. The lowest BCUT2D eigenvalue weighted by atomic mass is 10.1. The van der Waals surface area contributed by atoms with Gasteiger partial charge >= 0.3 is 0 Å². The van der Waals surface area contributed by atoms with Crippen molar-refractivity contribution < 1.29 is 4.42 Å². The first kappa shape index (κ1) is 15.1. The summed E-state index contributed by atoms with van der Waals surface area (Å²) in [6.45, 7) is 11.2. The van der Waals surface area contributed by atoms with Gasteiger partial charge in [-0.3, -0.25) is 0 Å². The summed E-state index contributed by atoms with van der Waals surface area (Å²) in [6, 6.07) is 6.41. The van der Waals surface area contributed by atoms with Crippen molar-refractivity contribution in [1.29, 1.82) is 0 Å². The number of nitrogens with zero attached hydrogens (tertiary/aromatic N) is 2. The molecular formula is C15H21N3OS. The van der Waals surface area contributed by atoms with Gasteiger partial charge in [-0.2, -0.15) is 0 Å². The zero-order valence-electron chi connectivity index (χ0n) is 12.7. The summed E-state index contributed by atoms with van der Waals surface area (Å²) in [5.41, 5.74) is 2.59. The maximum absolute atomic E-state index is 5.44. The lowest BCUT2D eigenvalue weighted by Gasteiger charge is -2.21. The zero-order valence-corrected chi connectivity index (χ0v) is 13.5. The second kappa shape index (κ2) is 5.97. The Morgan fingerprint density at radius 3 is 2.55 bits per heavy atom. The second-order valence-electron chi connectivity index (χ2n) is 5.90. The molecule has 2 aromatic rings. The fourth-order valence-electron chi connectivity index (χ4n) is 1.72. The normalized spacial score (nSPS) is 11.8. The Morgan fingerprint density at radius 2 is 1.95 bits per heavy atom. The highest BCUT2D eigenvalue weighted by molar-refractivity contribution is 7.99. The molecule has 0 unspecified atom stereocenters. The smallest absolute Gasteiger partial charge is 0.281 e. The molecule has 5 heteroatoms. The molecule has 1 aromatic carbocycles. The quantitative estimate of drug-likeness (QED) is 0.930. The lowest BCUT2D eigenvalue weighted by Crippen LogP contribution is -2.35. The molecule has 0 aliphatic carbocycles. The SMILES string of the molecule is Cc1ccc(Sc2nnc(C)o2)c(CNC(C)(C)C)c1. The van der Waals surface area contributed by atoms with Crippen molar-refractivity contribution in [3.8, 4) is 0 Å². The Bertz CT molecular complexity index is 587. The minimum absolute atomic E-state index is 0.0900. The summed E-state index contributed by atoms with van der Waals surface area (Å²) in [5, 5.41) is 12.0. The van der Waals surface area contributed by atoms with Crippen LogP contribution in [0.1, 0.15) is 37.8 Å². The van der Waals surface area contributed by atoms with E-state index in [2.05, 4.69) is 61.4 Å². The summed E-state index contributed by atoms with van der Waals surface area (Å²) in [6.07, 6.45) is 0. The summed E-state index contributed by atoms with van der Waals surface area (Å²) >= 11 is 1.51. The van der Waals surface area contributed by atoms with E-state index in [0.717, 1.165) is 11.4 Å². The first-order chi connectivity index (χ1) is 9.33. The Hall–Kier alpha value is -1.33. The summed E-state index contributed by atoms with van der Waals surface area (Å²) in [5.74, 6) is 0.592. The van der Waals surface area contributed by atoms with Gasteiger partial charge in [0, 0.05) is 23.9 Å². The number of aromatic nitrogens is 2. The topological polar surface area (TPSA) is 51.0 Å². The van der Waals surface area contributed by atoms with Crippen LogP contribution >= 0.6 is 11.8 Å². The van der Waals surface area contributed by atoms with Crippen molar-refractivity contribution in [2.24, 2.45) is 0 Å². The van der Waals surface area contributed by atoms with E-state index < -0.39 is 0 Å². The third-order valence-electron chi connectivity index (χ3n) is 2.73. The van der Waals surface area contributed by atoms with E-state index in [-0.39, 0.29) is 5.54 Å². The minimum Gasteiger partial charge on any atom is -0.416 e. The van der Waals surface area contributed by atoms with Gasteiger partial charge in [-0.25, -0.2) is 0 Å². The van der Waals surface area contributed by atoms with Crippen molar-refractivity contribution in [3.63, 3.8) is 0 Å². The molecule has 0 aliphatic heterocycles. The molecule has 0 spiro atoms. The first-order valence-electron chi connectivity index (χ1n) is 6.66. The molecule has 0 saturated carbocycles. The van der Waals surface area contributed by atoms with E-state index in [9.17, 15) is 0 Å². The van der Waals surface area contributed by atoms with Crippen molar-refractivity contribution in [2.75, 3.05) is 0 Å². The molecule has 0 atom stereocenters. The molecule has 2 rings (SSSR count). The monoisotopic (exact) mass is 291 g/mol. The molecule has 0 fully saturated rings. The van der Waals surface area contributed by atoms with E-state index in [1.165, 1.54) is 22.9 Å². The summed E-state index contributed by atoms with van der Waals surface area (Å²) < 4.78 is 5.44. The molecule has 108 valence electrons. The highest BCUT2D eigenvalue weighted by atomic mass is 32.2. The maximum atomic E-state index is 5.44. The first-order valence-corrected chi connectivity index (χ1v) is 7.48. The molecule has 0 aliphatic rings. The van der Waals surface area contributed by atoms with Crippen molar-refractivity contribution in [2.45, 2.75) is 56.8 Å². The maximum Gasteiger partial charge on any atom is 0.281 e. The predicted octanol–water partition coefficient (Wildman–Crippen LogP) is 3.73. The lowest BCUT2D eigenvalue weighted by molar-refractivity contribution is 0.421. The Kier molecular flexibility index (Phi) is 4.50. The van der Waals surface area contributed by atoms with Crippen LogP contribution in [0.2, 0.25) is 0 Å². The average molecular weight is 291 g/mol. The van der Waals surface area contributed by atoms with Crippen LogP contribution in [-0.4, -0.2) is 15.7 Å². The van der Waals surface area contributed by atoms with Crippen LogP contribution in [0.4, 0.5) is 0 Å². The molecule has 0 amide bonds. The average Bonchev–Trinajstić information content (AvgIpc) is 2.74. The van der Waals surface area contributed by atoms with Crippen molar-refractivity contribution in [1.82, 2.24) is 15.5 Å². The van der Waals surface area contributed by atoms with Gasteiger partial charge in [-0.05, 0) is 51.1 Å². The summed E-state index contributed by atoms with van der Waals surface area (Å²) in [4.78, 5) is 1.15. The van der Waals surface area contributed by atoms with Gasteiger partial charge in [0.15, 0.2) is 0 Å². The molecular weight excluding hydrogens is 270 g/mol. The van der Waals surface area contributed by atoms with Gasteiger partial charge in [0.25, 0.3) is 5.22 Å². The molecule has 20 heavy (non-hydrogen) atoms. The highest BCUT2D eigenvalue weighted by Gasteiger charge is 2.13. The van der Waals surface area contributed by atoms with E-state index in [4.69, 9.17) is 4.42 Å². The Labute approximate surface area is 124 Å². The molecule has 0 radical (unpaired) electrons. The third kappa shape index (κ3) is 4.35. The number of hydrogen-bond donors (Lipinski definition) is 1. The van der Waals surface area contributed by atoms with Crippen LogP contribution in [0.15, 0.2) is 32.7 Å². The van der Waals surface area contributed by atoms with Crippen LogP contribution in [-0.2, 0) is 6.54 Å². The van der Waals surface area contributed by atoms with E-state index in [1.807, 2.05) is 0 Å². The number of nitrogens with one attached hydrogen (secondary N) is 1. The number of benzene rings is 1. The largest absolute Gasteiger partial charge is 0.416 e. The van der Waals surface area contributed by atoms with Crippen LogP contribution in [0, 0.1) is 13.8 Å². The molecule has 4 nitrogen and oxygen atoms in total. The minimum atomic E-state index is 0.0900. The molecule has 1 heterocycles. The van der Waals surface area contributed by atoms with Crippen LogP contribution in [0.25, 0.3) is 0 Å². The Morgan fingerprint density at radius 1 is 1.20 bits per heavy atom. The number of aryl methyl sites for hydroxylation is 2. The standard InChI is InChI=1S/C15H21N3OS/c1-10-6-7-13(20-14-18-17-11(2)19-14)12(8-10)9-16-15(3,4)5/h6-8,16H,9H2,1-5H3. The zero-order chi connectivity index (χ0) is 14.8. The van der Waals surface area contributed by atoms with Gasteiger partial charge in [0.1, 0.15) is 0 Å². The number of hydrogen-bond acceptors (Lipinski definition) is 5. The van der Waals surface area contributed by atoms with Gasteiger partial charge in [-0.1, -0.05) is 17.7 Å². The van der Waals surface area contributed by atoms with Crippen LogP contribution in [0.3, 0.4) is 0 Å². The molecule has 1 N–H and O–H groups in total. The Balaban J connectivity index is 2.19. The highest BCUT2D eigenvalue weighted by Crippen LogP contribution is 2.30. The van der Waals surface area contributed by atoms with Gasteiger partial charge in [0.05, 0.1) is 0 Å². The predicted molar refractivity (Wildman–Crippen MR) is 80.9 cm³/mol. The third-order valence-corrected chi connectivity index (χ3v) is 3.69. The van der Waals surface area contributed by atoms with Gasteiger partial charge in [-0.15, -0.1) is 10.2 Å². The molecule has 0 bridgehead atoms. The fourth-order valence-corrected chi connectivity index (χ4v) is 2.55. The van der Waals surface area contributed by atoms with Crippen molar-refractivity contribution in [3.05, 3.63) is 35.2 Å². The van der Waals surface area contributed by atoms with Gasteiger partial charge < -0.3 is 9.73 Å². The van der Waals surface area contributed by atoms with E-state index >= 15 is 0 Å². The van der Waals surface area contributed by atoms with Crippen LogP contribution in [0.5, 0.6) is 0 Å². The van der Waals surface area contributed by atoms with Gasteiger partial charge in [0.2, 0.25) is 5.89 Å². The molecule has 1 aromatic heterocycles. The van der Waals surface area contributed by atoms with E-state index in [0.29, 0.717) is 11.1 Å². The number of rotatable bonds is 4. The second-order valence-corrected chi connectivity index (χ2v) is 6.90. The van der Waals surface area contributed by atoms with Crippen LogP contribution < -0.4 is 5.32 Å². The molecule has 0 saturated heterocycles.